The van der Waals surface area contributed by atoms with Crippen molar-refractivity contribution in [2.24, 2.45) is 0 Å². The Balaban J connectivity index is -0.000000292. The van der Waals surface area contributed by atoms with Crippen molar-refractivity contribution < 1.29 is 50.1 Å². The molecule has 23 heavy (non-hydrogen) atoms. The molecule has 138 valence electrons. The molecular weight excluding hydrogens is 316 g/mol. The Bertz CT molecular complexity index is 311. The number of rotatable bonds is 9. The second-order valence-corrected chi connectivity index (χ2v) is 4.31. The number of aliphatic hydroxyl groups excluding tert-OH is 2. The molecule has 0 rings (SSSR count). The van der Waals surface area contributed by atoms with E-state index < -0.39 is 23.7 Å². The molecule has 0 saturated heterocycles. The van der Waals surface area contributed by atoms with Crippen LogP contribution in [0.2, 0.25) is 0 Å². The van der Waals surface area contributed by atoms with Gasteiger partial charge in [-0.05, 0) is 6.42 Å². The number of unbranched alkanes of at least 4 members (excludes halogenated alkanes) is 2. The number of aliphatic carboxylic acids is 3. The predicted octanol–water partition coefficient (Wildman–Crippen LogP) is -0.761. The Morgan fingerprint density at radius 2 is 1.22 bits per heavy atom. The molecule has 0 aliphatic rings. The third-order valence-electron chi connectivity index (χ3n) is 2.12. The van der Waals surface area contributed by atoms with E-state index in [-0.39, 0.29) is 32.5 Å². The van der Waals surface area contributed by atoms with E-state index in [2.05, 4.69) is 0 Å². The number of aliphatic hydroxyl groups is 4. The molecule has 10 heteroatoms. The van der Waals surface area contributed by atoms with Gasteiger partial charge in [-0.15, -0.1) is 0 Å². The number of carbonyl (C=O) groups is 3. The highest BCUT2D eigenvalue weighted by atomic mass is 16.5. The summed E-state index contributed by atoms with van der Waals surface area (Å²) in [6.45, 7) is 1.71. The molecule has 0 aliphatic heterocycles. The first-order chi connectivity index (χ1) is 10.5. The Morgan fingerprint density at radius 3 is 1.43 bits per heavy atom. The Labute approximate surface area is 133 Å². The minimum Gasteiger partial charge on any atom is -0.481 e. The molecule has 0 aromatic rings. The fraction of sp³-hybridized carbons (Fsp3) is 0.769. The van der Waals surface area contributed by atoms with Gasteiger partial charge in [-0.25, -0.2) is 4.79 Å². The second-order valence-electron chi connectivity index (χ2n) is 4.31. The third kappa shape index (κ3) is 25.5. The van der Waals surface area contributed by atoms with Crippen molar-refractivity contribution in [1.29, 1.82) is 0 Å². The summed E-state index contributed by atoms with van der Waals surface area (Å²) in [6.07, 6.45) is 1.57. The van der Waals surface area contributed by atoms with Crippen molar-refractivity contribution in [1.82, 2.24) is 0 Å². The molecule has 0 unspecified atom stereocenters. The van der Waals surface area contributed by atoms with E-state index >= 15 is 0 Å². The minimum atomic E-state index is -2.53. The summed E-state index contributed by atoms with van der Waals surface area (Å²) in [5.41, 5.74) is 0. The quantitative estimate of drug-likeness (QED) is 0.207. The van der Waals surface area contributed by atoms with Crippen LogP contribution in [0.4, 0.5) is 0 Å². The fourth-order valence-electron chi connectivity index (χ4n) is 0.942. The maximum atomic E-state index is 10.1. The highest BCUT2D eigenvalue weighted by molar-refractivity contribution is 5.75. The molecule has 0 fully saturated rings. The summed E-state index contributed by atoms with van der Waals surface area (Å²) in [7, 11) is 0. The normalized spacial score (nSPS) is 9.78. The van der Waals surface area contributed by atoms with E-state index in [0.29, 0.717) is 6.42 Å². The molecule has 7 N–H and O–H groups in total. The van der Waals surface area contributed by atoms with Crippen LogP contribution in [0, 0.1) is 0 Å². The van der Waals surface area contributed by atoms with Crippen LogP contribution in [0.5, 0.6) is 0 Å². The molecule has 0 radical (unpaired) electrons. The largest absolute Gasteiger partial charge is 0.481 e. The van der Waals surface area contributed by atoms with Crippen molar-refractivity contribution >= 4 is 17.9 Å². The molecule has 0 spiro atoms. The highest BCUT2D eigenvalue weighted by Gasteiger charge is 2.31. The topological polar surface area (TPSA) is 193 Å². The van der Waals surface area contributed by atoms with E-state index in [1.807, 2.05) is 6.92 Å². The van der Waals surface area contributed by atoms with Gasteiger partial charge in [0.05, 0.1) is 26.1 Å². The Hall–Kier alpha value is -1.75. The predicted molar refractivity (Wildman–Crippen MR) is 77.6 cm³/mol. The number of hydrogen-bond donors (Lipinski definition) is 7. The molecule has 0 aliphatic carbocycles. The van der Waals surface area contributed by atoms with Crippen LogP contribution in [0.1, 0.15) is 45.4 Å². The monoisotopic (exact) mass is 342 g/mol. The summed E-state index contributed by atoms with van der Waals surface area (Å²) in [4.78, 5) is 29.4. The van der Waals surface area contributed by atoms with Crippen molar-refractivity contribution in [2.75, 3.05) is 13.2 Å². The maximum absolute atomic E-state index is 10.1. The second kappa shape index (κ2) is 16.6. The van der Waals surface area contributed by atoms with E-state index in [1.54, 1.807) is 0 Å². The Kier molecular flexibility index (Phi) is 18.9. The Morgan fingerprint density at radius 1 is 0.826 bits per heavy atom. The van der Waals surface area contributed by atoms with Crippen LogP contribution >= 0.6 is 0 Å². The SMILES string of the molecule is CCCCCC(O)(O)C(=O)O.O=C(O)CCC(=O)O.OCCO. The average Bonchev–Trinajstić information content (AvgIpc) is 2.46. The molecule has 0 bridgehead atoms. The zero-order valence-corrected chi connectivity index (χ0v) is 13.0. The van der Waals surface area contributed by atoms with Gasteiger partial charge in [0, 0.05) is 6.42 Å². The lowest BCUT2D eigenvalue weighted by Gasteiger charge is -2.15. The average molecular weight is 342 g/mol. The summed E-state index contributed by atoms with van der Waals surface area (Å²) in [5, 5.41) is 56.8. The maximum Gasteiger partial charge on any atom is 0.364 e. The van der Waals surface area contributed by atoms with Crippen LogP contribution < -0.4 is 0 Å². The van der Waals surface area contributed by atoms with Crippen LogP contribution in [0.3, 0.4) is 0 Å². The zero-order chi connectivity index (χ0) is 18.9. The lowest BCUT2D eigenvalue weighted by atomic mass is 10.1. The van der Waals surface area contributed by atoms with Crippen molar-refractivity contribution in [3.05, 3.63) is 0 Å². The first-order valence-electron chi connectivity index (χ1n) is 6.88. The lowest BCUT2D eigenvalue weighted by molar-refractivity contribution is -0.205. The van der Waals surface area contributed by atoms with Crippen molar-refractivity contribution in [3.63, 3.8) is 0 Å². The zero-order valence-electron chi connectivity index (χ0n) is 13.0. The van der Waals surface area contributed by atoms with E-state index in [0.717, 1.165) is 12.8 Å². The van der Waals surface area contributed by atoms with Crippen LogP contribution in [-0.4, -0.2) is 72.7 Å². The molecule has 0 atom stereocenters. The first kappa shape index (κ1) is 26.2. The minimum absolute atomic E-state index is 0.101. The molecule has 0 saturated carbocycles. The van der Waals surface area contributed by atoms with Crippen molar-refractivity contribution in [2.45, 2.75) is 51.2 Å². The lowest BCUT2D eigenvalue weighted by Crippen LogP contribution is -2.37. The van der Waals surface area contributed by atoms with Gasteiger partial charge in [0.1, 0.15) is 0 Å². The van der Waals surface area contributed by atoms with Gasteiger partial charge < -0.3 is 35.7 Å². The van der Waals surface area contributed by atoms with Gasteiger partial charge in [0.25, 0.3) is 5.79 Å². The third-order valence-corrected chi connectivity index (χ3v) is 2.12. The number of carboxylic acid groups (broad SMARTS) is 3. The fourth-order valence-corrected chi connectivity index (χ4v) is 0.942. The molecule has 0 heterocycles. The summed E-state index contributed by atoms with van der Waals surface area (Å²) in [5.74, 6) is -6.26. The standard InChI is InChI=1S/C7H14O4.C4H6O4.C2H6O2/c1-2-3-4-5-7(10,11)6(8)9;5-3(6)1-2-4(7)8;3-1-2-4/h10-11H,2-5H2,1H3,(H,8,9);1-2H2,(H,5,6)(H,7,8);3-4H,1-2H2. The summed E-state index contributed by atoms with van der Waals surface area (Å²) in [6, 6.07) is 0. The van der Waals surface area contributed by atoms with Gasteiger partial charge in [-0.1, -0.05) is 19.8 Å². The van der Waals surface area contributed by atoms with E-state index in [9.17, 15) is 14.4 Å². The molecule has 0 aromatic carbocycles. The summed E-state index contributed by atoms with van der Waals surface area (Å²) >= 11 is 0. The molecule has 10 nitrogen and oxygen atoms in total. The van der Waals surface area contributed by atoms with Gasteiger partial charge in [-0.2, -0.15) is 0 Å². The van der Waals surface area contributed by atoms with Gasteiger partial charge in [0.15, 0.2) is 0 Å². The highest BCUT2D eigenvalue weighted by Crippen LogP contribution is 2.11. The molecule has 0 amide bonds. The summed E-state index contributed by atoms with van der Waals surface area (Å²) < 4.78 is 0. The van der Waals surface area contributed by atoms with Gasteiger partial charge >= 0.3 is 17.9 Å². The van der Waals surface area contributed by atoms with Crippen LogP contribution in [0.15, 0.2) is 0 Å². The number of hydrogen-bond acceptors (Lipinski definition) is 7. The van der Waals surface area contributed by atoms with Gasteiger partial charge in [0.2, 0.25) is 0 Å². The van der Waals surface area contributed by atoms with Crippen LogP contribution in [0.25, 0.3) is 0 Å². The molecular formula is C13H26O10. The van der Waals surface area contributed by atoms with Crippen molar-refractivity contribution in [3.8, 4) is 0 Å². The van der Waals surface area contributed by atoms with Gasteiger partial charge in [-0.3, -0.25) is 9.59 Å². The van der Waals surface area contributed by atoms with Crippen LogP contribution in [-0.2, 0) is 14.4 Å². The smallest absolute Gasteiger partial charge is 0.364 e. The first-order valence-corrected chi connectivity index (χ1v) is 6.88. The number of carboxylic acids is 3. The van der Waals surface area contributed by atoms with E-state index in [1.165, 1.54) is 0 Å². The molecule has 0 aromatic heterocycles. The van der Waals surface area contributed by atoms with E-state index in [4.69, 9.17) is 35.7 Å².